The summed E-state index contributed by atoms with van der Waals surface area (Å²) in [6.07, 6.45) is 0.561. The second kappa shape index (κ2) is 10.3. The zero-order valence-electron chi connectivity index (χ0n) is 22.8. The molecule has 0 unspecified atom stereocenters. The van der Waals surface area contributed by atoms with Gasteiger partial charge in [-0.3, -0.25) is 9.59 Å². The van der Waals surface area contributed by atoms with Crippen molar-refractivity contribution in [2.24, 2.45) is 5.41 Å². The molecule has 42 heavy (non-hydrogen) atoms. The number of Topliss-reactive ketones (excluding diaryl/α,β-unsaturated/α-hetero) is 2. The Bertz CT molecular complexity index is 1790. The van der Waals surface area contributed by atoms with Crippen LogP contribution in [0.4, 0.5) is 0 Å². The number of ketones is 2. The highest BCUT2D eigenvalue weighted by molar-refractivity contribution is 6.34. The number of phenols is 4. The van der Waals surface area contributed by atoms with Gasteiger partial charge in [-0.1, -0.05) is 42.5 Å². The summed E-state index contributed by atoms with van der Waals surface area (Å²) in [4.78, 5) is 28.9. The smallest absolute Gasteiger partial charge is 0.178 e. The molecule has 0 saturated heterocycles. The summed E-state index contributed by atoms with van der Waals surface area (Å²) in [5, 5.41) is 41.5. The van der Waals surface area contributed by atoms with Crippen LogP contribution in [-0.4, -0.2) is 39.1 Å². The van der Waals surface area contributed by atoms with Gasteiger partial charge in [0.1, 0.15) is 34.2 Å². The average Bonchev–Trinajstić information content (AvgIpc) is 3.19. The Balaban J connectivity index is 1.54. The van der Waals surface area contributed by atoms with Crippen molar-refractivity contribution in [3.63, 3.8) is 0 Å². The quantitative estimate of drug-likeness (QED) is 0.177. The summed E-state index contributed by atoms with van der Waals surface area (Å²) in [6.45, 7) is 0. The molecular formula is C35H28O7. The van der Waals surface area contributed by atoms with Crippen molar-refractivity contribution in [3.05, 3.63) is 124 Å². The van der Waals surface area contributed by atoms with Crippen LogP contribution in [0.15, 0.2) is 91.0 Å². The molecule has 7 heteroatoms. The van der Waals surface area contributed by atoms with Gasteiger partial charge in [-0.25, -0.2) is 0 Å². The van der Waals surface area contributed by atoms with Crippen molar-refractivity contribution in [3.8, 4) is 28.7 Å². The van der Waals surface area contributed by atoms with Gasteiger partial charge in [0.2, 0.25) is 0 Å². The number of carbonyl (C=O) groups excluding carboxylic acids is 2. The van der Waals surface area contributed by atoms with Crippen LogP contribution in [0.3, 0.4) is 0 Å². The van der Waals surface area contributed by atoms with Gasteiger partial charge in [0.05, 0.1) is 7.11 Å². The van der Waals surface area contributed by atoms with Crippen LogP contribution in [-0.2, 0) is 19.3 Å². The van der Waals surface area contributed by atoms with Gasteiger partial charge in [0, 0.05) is 34.6 Å². The van der Waals surface area contributed by atoms with Gasteiger partial charge in [-0.2, -0.15) is 0 Å². The lowest BCUT2D eigenvalue weighted by Gasteiger charge is -2.26. The summed E-state index contributed by atoms with van der Waals surface area (Å²) in [6, 6.07) is 24.4. The van der Waals surface area contributed by atoms with E-state index in [-0.39, 0.29) is 52.7 Å². The molecule has 0 spiro atoms. The van der Waals surface area contributed by atoms with Crippen molar-refractivity contribution < 1.29 is 34.8 Å². The SMILES string of the molecule is COc1cc(O)c2c3c(ccc2c1Cc1ccc(O)cc1)C(=O)C(Cc1ccc(O)cc1)(Cc1ccc(O)cc1)C3=O. The molecule has 7 nitrogen and oxygen atoms in total. The number of ether oxygens (including phenoxy) is 1. The van der Waals surface area contributed by atoms with E-state index in [1.165, 1.54) is 37.4 Å². The topological polar surface area (TPSA) is 124 Å². The summed E-state index contributed by atoms with van der Waals surface area (Å²) in [5.41, 5.74) is 1.91. The van der Waals surface area contributed by atoms with Crippen LogP contribution in [0.5, 0.6) is 28.7 Å². The van der Waals surface area contributed by atoms with Gasteiger partial charge in [0.15, 0.2) is 11.6 Å². The Morgan fingerprint density at radius 1 is 0.643 bits per heavy atom. The Kier molecular flexibility index (Phi) is 6.58. The minimum Gasteiger partial charge on any atom is -0.508 e. The molecule has 0 radical (unpaired) electrons. The fraction of sp³-hybridized carbons (Fsp3) is 0.143. The molecule has 0 aliphatic heterocycles. The highest BCUT2D eigenvalue weighted by Gasteiger charge is 2.53. The molecule has 0 amide bonds. The third kappa shape index (κ3) is 4.49. The number of rotatable bonds is 7. The van der Waals surface area contributed by atoms with Gasteiger partial charge < -0.3 is 25.2 Å². The van der Waals surface area contributed by atoms with Gasteiger partial charge >= 0.3 is 0 Å². The summed E-state index contributed by atoms with van der Waals surface area (Å²) >= 11 is 0. The van der Waals surface area contributed by atoms with E-state index < -0.39 is 11.2 Å². The first kappa shape index (κ1) is 26.9. The molecule has 0 fully saturated rings. The third-order valence-electron chi connectivity index (χ3n) is 8.11. The molecule has 5 aromatic rings. The monoisotopic (exact) mass is 560 g/mol. The molecule has 1 aliphatic rings. The number of hydrogen-bond donors (Lipinski definition) is 4. The second-order valence-electron chi connectivity index (χ2n) is 10.8. The van der Waals surface area contributed by atoms with E-state index in [1.807, 2.05) is 0 Å². The van der Waals surface area contributed by atoms with Crippen LogP contribution >= 0.6 is 0 Å². The maximum absolute atomic E-state index is 14.6. The first-order valence-electron chi connectivity index (χ1n) is 13.5. The van der Waals surface area contributed by atoms with E-state index in [4.69, 9.17) is 4.74 Å². The Labute approximate surface area is 241 Å². The highest BCUT2D eigenvalue weighted by atomic mass is 16.5. The minimum absolute atomic E-state index is 0.0738. The molecule has 1 aliphatic carbocycles. The summed E-state index contributed by atoms with van der Waals surface area (Å²) in [7, 11) is 1.50. The maximum Gasteiger partial charge on any atom is 0.178 e. The lowest BCUT2D eigenvalue weighted by atomic mass is 9.72. The predicted octanol–water partition coefficient (Wildman–Crippen LogP) is 6.11. The molecule has 0 bridgehead atoms. The third-order valence-corrected chi connectivity index (χ3v) is 8.11. The van der Waals surface area contributed by atoms with E-state index in [1.54, 1.807) is 60.7 Å². The van der Waals surface area contributed by atoms with E-state index in [0.717, 1.165) is 11.1 Å². The highest BCUT2D eigenvalue weighted by Crippen LogP contribution is 2.48. The molecule has 4 N–H and O–H groups in total. The van der Waals surface area contributed by atoms with E-state index >= 15 is 0 Å². The molecule has 5 aromatic carbocycles. The lowest BCUT2D eigenvalue weighted by molar-refractivity contribution is 0.0695. The second-order valence-corrected chi connectivity index (χ2v) is 10.8. The first-order valence-corrected chi connectivity index (χ1v) is 13.5. The normalized spacial score (nSPS) is 13.8. The predicted molar refractivity (Wildman–Crippen MR) is 158 cm³/mol. The van der Waals surface area contributed by atoms with Crippen molar-refractivity contribution in [2.45, 2.75) is 19.3 Å². The summed E-state index contributed by atoms with van der Waals surface area (Å²) < 4.78 is 5.61. The number of fused-ring (bicyclic) bond motifs is 3. The first-order chi connectivity index (χ1) is 20.2. The van der Waals surface area contributed by atoms with Crippen LogP contribution in [0.2, 0.25) is 0 Å². The fourth-order valence-electron chi connectivity index (χ4n) is 6.05. The van der Waals surface area contributed by atoms with Crippen LogP contribution in [0, 0.1) is 5.41 Å². The largest absolute Gasteiger partial charge is 0.508 e. The molecule has 210 valence electrons. The molecule has 0 aromatic heterocycles. The van der Waals surface area contributed by atoms with E-state index in [2.05, 4.69) is 0 Å². The average molecular weight is 561 g/mol. The van der Waals surface area contributed by atoms with Crippen molar-refractivity contribution in [1.29, 1.82) is 0 Å². The molecule has 0 heterocycles. The number of benzene rings is 5. The van der Waals surface area contributed by atoms with Gasteiger partial charge in [0.25, 0.3) is 0 Å². The van der Waals surface area contributed by atoms with Crippen molar-refractivity contribution in [2.75, 3.05) is 7.11 Å². The van der Waals surface area contributed by atoms with Crippen LogP contribution < -0.4 is 4.74 Å². The number of phenolic OH excluding ortho intramolecular Hbond substituents is 4. The Morgan fingerprint density at radius 2 is 1.14 bits per heavy atom. The summed E-state index contributed by atoms with van der Waals surface area (Å²) in [5.74, 6) is -0.189. The zero-order chi connectivity index (χ0) is 29.6. The maximum atomic E-state index is 14.6. The molecule has 0 atom stereocenters. The van der Waals surface area contributed by atoms with E-state index in [9.17, 15) is 30.0 Å². The number of aromatic hydroxyl groups is 4. The standard InChI is InChI=1S/C35H28O7/c1-42-30-17-29(39)31-26(28(30)16-20-2-8-23(36)9-3-20)14-15-27-32(31)34(41)35(33(27)40,18-21-4-10-24(37)11-5-21)19-22-6-12-25(38)13-7-22/h2-15,17,36-39H,16,18-19H2,1H3. The molecular weight excluding hydrogens is 532 g/mol. The number of hydrogen-bond acceptors (Lipinski definition) is 7. The lowest BCUT2D eigenvalue weighted by Crippen LogP contribution is -2.38. The van der Waals surface area contributed by atoms with Crippen molar-refractivity contribution >= 4 is 22.3 Å². The van der Waals surface area contributed by atoms with Crippen molar-refractivity contribution in [1.82, 2.24) is 0 Å². The van der Waals surface area contributed by atoms with Gasteiger partial charge in [-0.15, -0.1) is 0 Å². The van der Waals surface area contributed by atoms with E-state index in [0.29, 0.717) is 34.1 Å². The number of carbonyl (C=O) groups is 2. The van der Waals surface area contributed by atoms with Crippen LogP contribution in [0.25, 0.3) is 10.8 Å². The molecule has 6 rings (SSSR count). The van der Waals surface area contributed by atoms with Gasteiger partial charge in [-0.05, 0) is 77.4 Å². The van der Waals surface area contributed by atoms with Crippen LogP contribution in [0.1, 0.15) is 43.0 Å². The fourth-order valence-corrected chi connectivity index (χ4v) is 6.05. The minimum atomic E-state index is -1.51. The zero-order valence-corrected chi connectivity index (χ0v) is 22.8. The Morgan fingerprint density at radius 3 is 1.64 bits per heavy atom. The number of methoxy groups -OCH3 is 1. The molecule has 0 saturated carbocycles. The Hall–Kier alpha value is -5.30.